The smallest absolute Gasteiger partial charge is 0.364 e. The Hall–Kier alpha value is -1.26. The predicted octanol–water partition coefficient (Wildman–Crippen LogP) is 0.420. The zero-order chi connectivity index (χ0) is 7.44. The lowest BCUT2D eigenvalue weighted by Crippen LogP contribution is -1.96. The molecule has 50 valence electrons. The molecule has 0 aromatic heterocycles. The molecule has 0 aliphatic heterocycles. The van der Waals surface area contributed by atoms with Gasteiger partial charge >= 0.3 is 12.0 Å². The number of hydrogen-bond donors (Lipinski definition) is 1. The molecule has 0 saturated carbocycles. The number of halogens is 2. The highest BCUT2D eigenvalue weighted by Gasteiger charge is 2.06. The second-order valence-electron chi connectivity index (χ2n) is 1.10. The molecule has 0 unspecified atom stereocenters. The number of rotatable bonds is 2. The largest absolute Gasteiger partial charge is 0.476 e. The van der Waals surface area contributed by atoms with Crippen LogP contribution in [0.2, 0.25) is 0 Å². The van der Waals surface area contributed by atoms with Crippen LogP contribution in [0.15, 0.2) is 11.9 Å². The van der Waals surface area contributed by atoms with Crippen molar-refractivity contribution in [2.45, 2.75) is 0 Å². The molecule has 0 aliphatic rings. The van der Waals surface area contributed by atoms with Crippen molar-refractivity contribution < 1.29 is 23.5 Å². The molecule has 0 heterocycles. The summed E-state index contributed by atoms with van der Waals surface area (Å²) in [5.41, 5.74) is 0. The van der Waals surface area contributed by atoms with Crippen LogP contribution in [0.3, 0.4) is 0 Å². The van der Waals surface area contributed by atoms with Crippen LogP contribution in [0.1, 0.15) is 0 Å². The van der Waals surface area contributed by atoms with Gasteiger partial charge in [0.15, 0.2) is 0 Å². The van der Waals surface area contributed by atoms with Gasteiger partial charge in [0.2, 0.25) is 5.83 Å². The third kappa shape index (κ3) is 3.33. The summed E-state index contributed by atoms with van der Waals surface area (Å²) < 4.78 is 22.7. The van der Waals surface area contributed by atoms with E-state index in [4.69, 9.17) is 5.11 Å². The highest BCUT2D eigenvalue weighted by molar-refractivity contribution is 5.92. The Balaban J connectivity index is 4.17. The van der Waals surface area contributed by atoms with Gasteiger partial charge in [-0.05, 0) is 0 Å². The predicted molar refractivity (Wildman–Crippen MR) is 22.9 cm³/mol. The Labute approximate surface area is 48.6 Å². The summed E-state index contributed by atoms with van der Waals surface area (Å²) in [5.74, 6) is -3.76. The van der Waals surface area contributed by atoms with Crippen molar-refractivity contribution in [2.75, 3.05) is 0 Å². The molecule has 0 aromatic rings. The molecule has 0 atom stereocenters. The second kappa shape index (κ2) is 2.91. The van der Waals surface area contributed by atoms with Gasteiger partial charge in [-0.2, -0.15) is 8.78 Å². The maximum Gasteiger partial charge on any atom is 0.364 e. The third-order valence-electron chi connectivity index (χ3n) is 0.445. The summed E-state index contributed by atoms with van der Waals surface area (Å²) in [6.45, 7) is 0. The fourth-order valence-electron chi connectivity index (χ4n) is 0.161. The topological polar surface area (TPSA) is 54.4 Å². The number of carbonyl (C=O) groups is 2. The fraction of sp³-hybridized carbons (Fsp3) is 0. The van der Waals surface area contributed by atoms with E-state index in [2.05, 4.69) is 0 Å². The van der Waals surface area contributed by atoms with E-state index in [1.807, 2.05) is 0 Å². The SMILES string of the molecule is O=C(F)C=C(F)C(=O)O. The quantitative estimate of drug-likeness (QED) is 0.442. The molecule has 9 heavy (non-hydrogen) atoms. The van der Waals surface area contributed by atoms with Crippen LogP contribution >= 0.6 is 0 Å². The van der Waals surface area contributed by atoms with E-state index in [0.29, 0.717) is 0 Å². The zero-order valence-electron chi connectivity index (χ0n) is 4.10. The lowest BCUT2D eigenvalue weighted by Gasteiger charge is -1.80. The first-order valence-corrected chi connectivity index (χ1v) is 1.84. The monoisotopic (exact) mass is 136 g/mol. The van der Waals surface area contributed by atoms with Gasteiger partial charge in [-0.1, -0.05) is 0 Å². The van der Waals surface area contributed by atoms with Crippen LogP contribution in [0, 0.1) is 0 Å². The normalized spacial score (nSPS) is 11.1. The van der Waals surface area contributed by atoms with E-state index < -0.39 is 17.8 Å². The first-order valence-electron chi connectivity index (χ1n) is 1.84. The van der Waals surface area contributed by atoms with Gasteiger partial charge in [0, 0.05) is 0 Å². The van der Waals surface area contributed by atoms with Gasteiger partial charge in [-0.15, -0.1) is 0 Å². The van der Waals surface area contributed by atoms with Crippen molar-refractivity contribution in [3.63, 3.8) is 0 Å². The zero-order valence-corrected chi connectivity index (χ0v) is 4.10. The number of carbonyl (C=O) groups excluding carboxylic acids is 1. The summed E-state index contributed by atoms with van der Waals surface area (Å²) >= 11 is 0. The van der Waals surface area contributed by atoms with E-state index in [1.165, 1.54) is 0 Å². The van der Waals surface area contributed by atoms with Crippen LogP contribution in [0.4, 0.5) is 8.78 Å². The Morgan fingerprint density at radius 1 is 1.33 bits per heavy atom. The van der Waals surface area contributed by atoms with E-state index >= 15 is 0 Å². The van der Waals surface area contributed by atoms with E-state index in [-0.39, 0.29) is 6.08 Å². The van der Waals surface area contributed by atoms with E-state index in [0.717, 1.165) is 0 Å². The first kappa shape index (κ1) is 7.74. The Morgan fingerprint density at radius 3 is 1.89 bits per heavy atom. The van der Waals surface area contributed by atoms with Gasteiger partial charge in [0.25, 0.3) is 0 Å². The van der Waals surface area contributed by atoms with E-state index in [9.17, 15) is 18.4 Å². The molecule has 3 nitrogen and oxygen atoms in total. The summed E-state index contributed by atoms with van der Waals surface area (Å²) in [6.07, 6.45) is -0.248. The molecule has 0 saturated heterocycles. The molecule has 0 spiro atoms. The molecule has 0 amide bonds. The summed E-state index contributed by atoms with van der Waals surface area (Å²) in [6, 6.07) is -2.12. The molecule has 0 fully saturated rings. The van der Waals surface area contributed by atoms with Crippen LogP contribution in [-0.4, -0.2) is 17.1 Å². The Bertz CT molecular complexity index is 173. The lowest BCUT2D eigenvalue weighted by atomic mass is 10.5. The van der Waals surface area contributed by atoms with Crippen molar-refractivity contribution in [2.24, 2.45) is 0 Å². The minimum atomic E-state index is -2.12. The maximum atomic E-state index is 11.6. The minimum absolute atomic E-state index is 0.248. The number of allylic oxidation sites excluding steroid dienone is 1. The number of carboxylic acid groups (broad SMARTS) is 1. The molecule has 0 bridgehead atoms. The van der Waals surface area contributed by atoms with Crippen molar-refractivity contribution in [3.05, 3.63) is 11.9 Å². The molecular formula is C4H2F2O3. The van der Waals surface area contributed by atoms with Crippen LogP contribution < -0.4 is 0 Å². The second-order valence-corrected chi connectivity index (χ2v) is 1.10. The lowest BCUT2D eigenvalue weighted by molar-refractivity contribution is -0.135. The van der Waals surface area contributed by atoms with Crippen LogP contribution in [0.5, 0.6) is 0 Å². The maximum absolute atomic E-state index is 11.6. The molecule has 0 radical (unpaired) electrons. The summed E-state index contributed by atoms with van der Waals surface area (Å²) in [4.78, 5) is 18.8. The Morgan fingerprint density at radius 2 is 1.78 bits per heavy atom. The van der Waals surface area contributed by atoms with Gasteiger partial charge in [0.05, 0.1) is 6.08 Å². The molecular weight excluding hydrogens is 134 g/mol. The molecule has 0 rings (SSSR count). The number of carboxylic acids is 1. The highest BCUT2D eigenvalue weighted by atomic mass is 19.1. The van der Waals surface area contributed by atoms with E-state index in [1.54, 1.807) is 0 Å². The van der Waals surface area contributed by atoms with Crippen molar-refractivity contribution in [1.29, 1.82) is 0 Å². The third-order valence-corrected chi connectivity index (χ3v) is 0.445. The molecule has 0 aromatic carbocycles. The van der Waals surface area contributed by atoms with Crippen LogP contribution in [-0.2, 0) is 9.59 Å². The van der Waals surface area contributed by atoms with Gasteiger partial charge in [-0.25, -0.2) is 4.79 Å². The average molecular weight is 136 g/mol. The number of hydrogen-bond acceptors (Lipinski definition) is 2. The minimum Gasteiger partial charge on any atom is -0.476 e. The van der Waals surface area contributed by atoms with Crippen molar-refractivity contribution in [1.82, 2.24) is 0 Å². The molecule has 0 aliphatic carbocycles. The van der Waals surface area contributed by atoms with Crippen molar-refractivity contribution >= 4 is 12.0 Å². The van der Waals surface area contributed by atoms with Gasteiger partial charge in [0.1, 0.15) is 0 Å². The molecule has 5 heteroatoms. The first-order chi connectivity index (χ1) is 4.04. The summed E-state index contributed by atoms with van der Waals surface area (Å²) in [7, 11) is 0. The molecule has 1 N–H and O–H groups in total. The van der Waals surface area contributed by atoms with Crippen molar-refractivity contribution in [3.8, 4) is 0 Å². The average Bonchev–Trinajstić information content (AvgIpc) is 1.63. The summed E-state index contributed by atoms with van der Waals surface area (Å²) in [5, 5.41) is 7.67. The standard InChI is InChI=1S/C4H2F2O3/c5-2(4(8)9)1-3(6)7/h1H,(H,8,9). The fourth-order valence-corrected chi connectivity index (χ4v) is 0.161. The Kier molecular flexibility index (Phi) is 2.50. The highest BCUT2D eigenvalue weighted by Crippen LogP contribution is 1.95. The van der Waals surface area contributed by atoms with Gasteiger partial charge < -0.3 is 5.11 Å². The number of aliphatic carboxylic acids is 1. The van der Waals surface area contributed by atoms with Gasteiger partial charge in [-0.3, -0.25) is 4.79 Å². The van der Waals surface area contributed by atoms with Crippen LogP contribution in [0.25, 0.3) is 0 Å².